The van der Waals surface area contributed by atoms with Gasteiger partial charge in [0, 0.05) is 32.1 Å². The molecule has 0 unspecified atom stereocenters. The van der Waals surface area contributed by atoms with Crippen LogP contribution in [0.3, 0.4) is 0 Å². The number of carbonyl (C=O) groups is 2. The van der Waals surface area contributed by atoms with Crippen LogP contribution in [0.25, 0.3) is 16.3 Å². The molecule has 1 aromatic heterocycles. The van der Waals surface area contributed by atoms with Gasteiger partial charge in [-0.05, 0) is 31.1 Å². The minimum Gasteiger partial charge on any atom is -0.352 e. The number of hydrogen-bond donors (Lipinski definition) is 1. The first-order chi connectivity index (χ1) is 11.2. The second-order valence-electron chi connectivity index (χ2n) is 5.48. The monoisotopic (exact) mass is 329 g/mol. The summed E-state index contributed by atoms with van der Waals surface area (Å²) in [6.07, 6.45) is 5.66. The van der Waals surface area contributed by atoms with Crippen LogP contribution in [0, 0.1) is 0 Å². The van der Waals surface area contributed by atoms with Crippen molar-refractivity contribution in [3.8, 4) is 0 Å². The average Bonchev–Trinajstić information content (AvgIpc) is 3.15. The highest BCUT2D eigenvalue weighted by Gasteiger charge is 2.18. The zero-order valence-corrected chi connectivity index (χ0v) is 13.6. The molecule has 1 aliphatic heterocycles. The Labute approximate surface area is 139 Å². The predicted molar refractivity (Wildman–Crippen MR) is 92.1 cm³/mol. The van der Waals surface area contributed by atoms with Gasteiger partial charge in [0.05, 0.1) is 10.2 Å². The third kappa shape index (κ3) is 4.16. The van der Waals surface area contributed by atoms with Gasteiger partial charge >= 0.3 is 0 Å². The van der Waals surface area contributed by atoms with E-state index in [1.807, 2.05) is 29.2 Å². The molecule has 1 N–H and O–H groups in total. The molecule has 3 rings (SSSR count). The third-order valence-electron chi connectivity index (χ3n) is 3.76. The highest BCUT2D eigenvalue weighted by Crippen LogP contribution is 2.22. The Morgan fingerprint density at radius 2 is 2.26 bits per heavy atom. The maximum atomic E-state index is 11.8. The highest BCUT2D eigenvalue weighted by atomic mass is 32.1. The second-order valence-corrected chi connectivity index (χ2v) is 6.54. The molecule has 0 saturated carbocycles. The van der Waals surface area contributed by atoms with E-state index in [4.69, 9.17) is 0 Å². The Bertz CT molecular complexity index is 705. The molecule has 1 aromatic carbocycles. The van der Waals surface area contributed by atoms with Gasteiger partial charge in [-0.1, -0.05) is 12.1 Å². The zero-order valence-electron chi connectivity index (χ0n) is 12.8. The molecule has 0 spiro atoms. The molecule has 0 bridgehead atoms. The average molecular weight is 329 g/mol. The standard InChI is InChI=1S/C17H19N3O2S/c21-15(18-10-4-12-20-11-3-7-17(20)22)8-9-16-19-13-5-1-2-6-14(13)23-16/h1-2,5-6,8-9H,3-4,7,10-12H2,(H,18,21)/b9-8+. The van der Waals surface area contributed by atoms with Crippen LogP contribution in [0.15, 0.2) is 30.3 Å². The first-order valence-corrected chi connectivity index (χ1v) is 8.63. The molecular weight excluding hydrogens is 310 g/mol. The van der Waals surface area contributed by atoms with Crippen molar-refractivity contribution in [2.24, 2.45) is 0 Å². The summed E-state index contributed by atoms with van der Waals surface area (Å²) in [6, 6.07) is 7.91. The molecular formula is C17H19N3O2S. The van der Waals surface area contributed by atoms with Crippen molar-refractivity contribution in [1.82, 2.24) is 15.2 Å². The van der Waals surface area contributed by atoms with Crippen LogP contribution in [0.1, 0.15) is 24.3 Å². The van der Waals surface area contributed by atoms with Crippen molar-refractivity contribution in [2.75, 3.05) is 19.6 Å². The lowest BCUT2D eigenvalue weighted by Gasteiger charge is -2.14. The van der Waals surface area contributed by atoms with Crippen molar-refractivity contribution >= 4 is 39.4 Å². The summed E-state index contributed by atoms with van der Waals surface area (Å²) < 4.78 is 1.11. The fraction of sp³-hybridized carbons (Fsp3) is 0.353. The van der Waals surface area contributed by atoms with Crippen LogP contribution in [0.5, 0.6) is 0 Å². The molecule has 5 nitrogen and oxygen atoms in total. The molecule has 23 heavy (non-hydrogen) atoms. The Balaban J connectivity index is 1.42. The van der Waals surface area contributed by atoms with Gasteiger partial charge in [-0.15, -0.1) is 11.3 Å². The van der Waals surface area contributed by atoms with Crippen LogP contribution >= 0.6 is 11.3 Å². The molecule has 1 saturated heterocycles. The van der Waals surface area contributed by atoms with Crippen molar-refractivity contribution < 1.29 is 9.59 Å². The van der Waals surface area contributed by atoms with Gasteiger partial charge in [-0.25, -0.2) is 4.98 Å². The third-order valence-corrected chi connectivity index (χ3v) is 4.76. The predicted octanol–water partition coefficient (Wildman–Crippen LogP) is 2.44. The first-order valence-electron chi connectivity index (χ1n) is 7.81. The summed E-state index contributed by atoms with van der Waals surface area (Å²) in [7, 11) is 0. The van der Waals surface area contributed by atoms with Gasteiger partial charge in [0.1, 0.15) is 5.01 Å². The first kappa shape index (κ1) is 15.7. The quantitative estimate of drug-likeness (QED) is 0.654. The number of nitrogens with zero attached hydrogens (tertiary/aromatic N) is 2. The second kappa shape index (κ2) is 7.37. The Morgan fingerprint density at radius 1 is 1.39 bits per heavy atom. The number of likely N-dealkylation sites (tertiary alicyclic amines) is 1. The maximum Gasteiger partial charge on any atom is 0.244 e. The van der Waals surface area contributed by atoms with E-state index < -0.39 is 0 Å². The highest BCUT2D eigenvalue weighted by molar-refractivity contribution is 7.19. The van der Waals surface area contributed by atoms with Crippen LogP contribution < -0.4 is 5.32 Å². The van der Waals surface area contributed by atoms with Gasteiger partial charge in [-0.3, -0.25) is 9.59 Å². The number of nitrogens with one attached hydrogen (secondary N) is 1. The molecule has 2 amide bonds. The van der Waals surface area contributed by atoms with Crippen LogP contribution in [-0.4, -0.2) is 41.3 Å². The van der Waals surface area contributed by atoms with Gasteiger partial charge in [0.15, 0.2) is 0 Å². The minimum atomic E-state index is -0.128. The lowest BCUT2D eigenvalue weighted by atomic mass is 10.3. The molecule has 120 valence electrons. The van der Waals surface area contributed by atoms with E-state index >= 15 is 0 Å². The smallest absolute Gasteiger partial charge is 0.244 e. The summed E-state index contributed by atoms with van der Waals surface area (Å²) in [5.41, 5.74) is 0.952. The fourth-order valence-corrected chi connectivity index (χ4v) is 3.46. The number of fused-ring (bicyclic) bond motifs is 1. The summed E-state index contributed by atoms with van der Waals surface area (Å²) in [5, 5.41) is 3.66. The molecule has 1 fully saturated rings. The molecule has 2 heterocycles. The number of para-hydroxylation sites is 1. The van der Waals surface area contributed by atoms with E-state index in [1.165, 1.54) is 6.08 Å². The van der Waals surface area contributed by atoms with E-state index in [1.54, 1.807) is 17.4 Å². The van der Waals surface area contributed by atoms with Crippen molar-refractivity contribution in [3.63, 3.8) is 0 Å². The molecule has 1 aliphatic rings. The van der Waals surface area contributed by atoms with E-state index in [2.05, 4.69) is 10.3 Å². The summed E-state index contributed by atoms with van der Waals surface area (Å²) in [4.78, 5) is 29.6. The lowest BCUT2D eigenvalue weighted by molar-refractivity contribution is -0.127. The van der Waals surface area contributed by atoms with Crippen LogP contribution in [0.2, 0.25) is 0 Å². The van der Waals surface area contributed by atoms with Gasteiger partial charge in [0.2, 0.25) is 11.8 Å². The van der Waals surface area contributed by atoms with Crippen molar-refractivity contribution in [2.45, 2.75) is 19.3 Å². The fourth-order valence-electron chi connectivity index (χ4n) is 2.59. The number of benzene rings is 1. The van der Waals surface area contributed by atoms with Crippen molar-refractivity contribution in [3.05, 3.63) is 35.3 Å². The Hall–Kier alpha value is -2.21. The maximum absolute atomic E-state index is 11.8. The van der Waals surface area contributed by atoms with Crippen LogP contribution in [-0.2, 0) is 9.59 Å². The molecule has 0 atom stereocenters. The number of hydrogen-bond acceptors (Lipinski definition) is 4. The molecule has 2 aromatic rings. The largest absolute Gasteiger partial charge is 0.352 e. The van der Waals surface area contributed by atoms with Gasteiger partial charge in [-0.2, -0.15) is 0 Å². The molecule has 6 heteroatoms. The topological polar surface area (TPSA) is 62.3 Å². The molecule has 0 radical (unpaired) electrons. The Morgan fingerprint density at radius 3 is 3.04 bits per heavy atom. The van der Waals surface area contributed by atoms with Gasteiger partial charge < -0.3 is 10.2 Å². The summed E-state index contributed by atoms with van der Waals surface area (Å²) in [5.74, 6) is 0.101. The normalized spacial score (nSPS) is 15.0. The molecule has 0 aliphatic carbocycles. The Kier molecular flexibility index (Phi) is 5.02. The number of amides is 2. The number of aromatic nitrogens is 1. The van der Waals surface area contributed by atoms with E-state index in [0.29, 0.717) is 13.0 Å². The SMILES string of the molecule is O=C(/C=C/c1nc2ccccc2s1)NCCCN1CCCC1=O. The van der Waals surface area contributed by atoms with E-state index in [9.17, 15) is 9.59 Å². The van der Waals surface area contributed by atoms with Crippen molar-refractivity contribution in [1.29, 1.82) is 0 Å². The zero-order chi connectivity index (χ0) is 16.1. The van der Waals surface area contributed by atoms with E-state index in [0.717, 1.165) is 41.2 Å². The number of carbonyl (C=O) groups excluding carboxylic acids is 2. The summed E-state index contributed by atoms with van der Waals surface area (Å²) in [6.45, 7) is 2.15. The summed E-state index contributed by atoms with van der Waals surface area (Å²) >= 11 is 1.56. The number of thiazole rings is 1. The van der Waals surface area contributed by atoms with Gasteiger partial charge in [0.25, 0.3) is 0 Å². The van der Waals surface area contributed by atoms with E-state index in [-0.39, 0.29) is 11.8 Å². The lowest BCUT2D eigenvalue weighted by Crippen LogP contribution is -2.29. The van der Waals surface area contributed by atoms with Crippen LogP contribution in [0.4, 0.5) is 0 Å². The number of rotatable bonds is 6. The minimum absolute atomic E-state index is 0.128.